The molecule has 1 amide bonds. The Hall–Kier alpha value is -2.55. The van der Waals surface area contributed by atoms with Gasteiger partial charge in [0.2, 0.25) is 0 Å². The Kier molecular flexibility index (Phi) is 7.02. The van der Waals surface area contributed by atoms with Crippen LogP contribution in [0.2, 0.25) is 0 Å². The first-order chi connectivity index (χ1) is 14.2. The van der Waals surface area contributed by atoms with Crippen molar-refractivity contribution in [3.63, 3.8) is 0 Å². The Morgan fingerprint density at radius 2 is 2.03 bits per heavy atom. The van der Waals surface area contributed by atoms with Crippen LogP contribution in [0.3, 0.4) is 0 Å². The Labute approximate surface area is 174 Å². The average Bonchev–Trinajstić information content (AvgIpc) is 3.16. The molecule has 2 atom stereocenters. The molecule has 1 N–H and O–H groups in total. The minimum atomic E-state index is -4.43. The maximum Gasteiger partial charge on any atom is 0.416 e. The molecule has 0 aliphatic heterocycles. The Morgan fingerprint density at radius 3 is 2.77 bits per heavy atom. The van der Waals surface area contributed by atoms with Gasteiger partial charge in [-0.15, -0.1) is 0 Å². The van der Waals surface area contributed by atoms with Crippen molar-refractivity contribution < 1.29 is 22.7 Å². The molecule has 1 saturated carbocycles. The minimum absolute atomic E-state index is 0.0834. The second kappa shape index (κ2) is 9.51. The van der Waals surface area contributed by atoms with Gasteiger partial charge in [0.05, 0.1) is 5.56 Å². The zero-order valence-electron chi connectivity index (χ0n) is 17.2. The molecule has 1 aromatic carbocycles. The van der Waals surface area contributed by atoms with Crippen LogP contribution in [0.15, 0.2) is 36.5 Å². The first-order valence-electron chi connectivity index (χ1n) is 10.0. The summed E-state index contributed by atoms with van der Waals surface area (Å²) < 4.78 is 45.2. The molecule has 1 aromatic heterocycles. The third-order valence-corrected chi connectivity index (χ3v) is 5.22. The summed E-state index contributed by atoms with van der Waals surface area (Å²) in [5.74, 6) is 0.243. The van der Waals surface area contributed by atoms with Crippen molar-refractivity contribution in [1.82, 2.24) is 20.0 Å². The van der Waals surface area contributed by atoms with Gasteiger partial charge < -0.3 is 15.0 Å². The van der Waals surface area contributed by atoms with Crippen molar-refractivity contribution in [1.29, 1.82) is 0 Å². The summed E-state index contributed by atoms with van der Waals surface area (Å²) in [6.45, 7) is 0.825. The second-order valence-electron chi connectivity index (χ2n) is 7.93. The lowest BCUT2D eigenvalue weighted by Crippen LogP contribution is -2.45. The van der Waals surface area contributed by atoms with Crippen LogP contribution in [-0.2, 0) is 12.9 Å². The van der Waals surface area contributed by atoms with Crippen LogP contribution < -0.4 is 10.1 Å². The predicted octanol–water partition coefficient (Wildman–Crippen LogP) is 3.79. The molecule has 1 aliphatic carbocycles. The van der Waals surface area contributed by atoms with Crippen molar-refractivity contribution in [2.75, 3.05) is 20.6 Å². The van der Waals surface area contributed by atoms with Crippen molar-refractivity contribution in [3.05, 3.63) is 47.8 Å². The number of hydrogen-bond acceptors (Lipinski definition) is 4. The van der Waals surface area contributed by atoms with Crippen LogP contribution >= 0.6 is 0 Å². The normalized spacial score (nSPS) is 19.7. The summed E-state index contributed by atoms with van der Waals surface area (Å²) in [4.78, 5) is 14.8. The summed E-state index contributed by atoms with van der Waals surface area (Å²) in [5, 5.41) is 7.29. The summed E-state index contributed by atoms with van der Waals surface area (Å²) in [7, 11) is 4.05. The highest BCUT2D eigenvalue weighted by Gasteiger charge is 2.30. The Bertz CT molecular complexity index is 851. The number of carbonyl (C=O) groups excluding carboxylic acids is 1. The third kappa shape index (κ3) is 5.98. The number of ether oxygens (including phenoxy) is 1. The van der Waals surface area contributed by atoms with Gasteiger partial charge in [0, 0.05) is 18.8 Å². The van der Waals surface area contributed by atoms with Crippen LogP contribution in [0, 0.1) is 5.92 Å². The first kappa shape index (κ1) is 22.1. The summed E-state index contributed by atoms with van der Waals surface area (Å²) in [6.07, 6.45) is 1.44. The van der Waals surface area contributed by atoms with Gasteiger partial charge in [-0.25, -0.2) is 4.68 Å². The fourth-order valence-corrected chi connectivity index (χ4v) is 3.79. The topological polar surface area (TPSA) is 59.4 Å². The SMILES string of the molecule is CN(C)CC1CCCCC1NC(=O)c1ccn(COc2cccc(C(F)(F)F)c2)n1. The molecule has 0 radical (unpaired) electrons. The van der Waals surface area contributed by atoms with E-state index >= 15 is 0 Å². The standard InChI is InChI=1S/C21H27F3N4O2/c1-27(2)13-15-6-3-4-9-18(15)25-20(29)19-10-11-28(26-19)14-30-17-8-5-7-16(12-17)21(22,23)24/h5,7-8,10-12,15,18H,3-4,6,9,13-14H2,1-2H3,(H,25,29). The highest BCUT2D eigenvalue weighted by atomic mass is 19.4. The van der Waals surface area contributed by atoms with Crippen molar-refractivity contribution in [3.8, 4) is 5.75 Å². The molecule has 1 aliphatic rings. The van der Waals surface area contributed by atoms with Crippen LogP contribution in [-0.4, -0.2) is 47.3 Å². The molecule has 1 heterocycles. The summed E-state index contributed by atoms with van der Waals surface area (Å²) in [5.41, 5.74) is -0.517. The quantitative estimate of drug-likeness (QED) is 0.735. The molecule has 1 fully saturated rings. The molecule has 6 nitrogen and oxygen atoms in total. The lowest BCUT2D eigenvalue weighted by molar-refractivity contribution is -0.137. The van der Waals surface area contributed by atoms with E-state index in [0.29, 0.717) is 5.92 Å². The third-order valence-electron chi connectivity index (χ3n) is 5.22. The van der Waals surface area contributed by atoms with Crippen molar-refractivity contribution >= 4 is 5.91 Å². The highest BCUT2D eigenvalue weighted by molar-refractivity contribution is 5.92. The summed E-state index contributed by atoms with van der Waals surface area (Å²) in [6, 6.07) is 6.34. The van der Waals surface area contributed by atoms with Crippen LogP contribution in [0.5, 0.6) is 5.75 Å². The van der Waals surface area contributed by atoms with Gasteiger partial charge in [-0.2, -0.15) is 18.3 Å². The molecule has 164 valence electrons. The maximum atomic E-state index is 12.8. The number of nitrogens with one attached hydrogen (secondary N) is 1. The number of rotatable bonds is 7. The number of halogens is 3. The molecular weight excluding hydrogens is 397 g/mol. The number of hydrogen-bond donors (Lipinski definition) is 1. The Morgan fingerprint density at radius 1 is 1.27 bits per heavy atom. The molecule has 0 bridgehead atoms. The van der Waals surface area contributed by atoms with Gasteiger partial charge in [-0.3, -0.25) is 4.79 Å². The van der Waals surface area contributed by atoms with Crippen molar-refractivity contribution in [2.24, 2.45) is 5.92 Å². The fourth-order valence-electron chi connectivity index (χ4n) is 3.79. The molecule has 2 aromatic rings. The number of nitrogens with zero attached hydrogens (tertiary/aromatic N) is 3. The zero-order chi connectivity index (χ0) is 21.7. The lowest BCUT2D eigenvalue weighted by Gasteiger charge is -2.33. The molecular formula is C21H27F3N4O2. The van der Waals surface area contributed by atoms with Gasteiger partial charge in [-0.1, -0.05) is 18.9 Å². The van der Waals surface area contributed by atoms with E-state index in [1.165, 1.54) is 23.2 Å². The molecule has 3 rings (SSSR count). The number of amides is 1. The average molecular weight is 424 g/mol. The molecule has 30 heavy (non-hydrogen) atoms. The monoisotopic (exact) mass is 424 g/mol. The van der Waals surface area contributed by atoms with Gasteiger partial charge in [0.15, 0.2) is 6.73 Å². The molecule has 0 spiro atoms. The number of benzene rings is 1. The van der Waals surface area contributed by atoms with Crippen LogP contribution in [0.1, 0.15) is 41.7 Å². The van der Waals surface area contributed by atoms with E-state index in [1.807, 2.05) is 14.1 Å². The van der Waals surface area contributed by atoms with E-state index in [9.17, 15) is 18.0 Å². The van der Waals surface area contributed by atoms with E-state index in [-0.39, 0.29) is 30.1 Å². The smallest absolute Gasteiger partial charge is 0.416 e. The fraction of sp³-hybridized carbons (Fsp3) is 0.524. The minimum Gasteiger partial charge on any atom is -0.471 e. The van der Waals surface area contributed by atoms with Gasteiger partial charge >= 0.3 is 6.18 Å². The maximum absolute atomic E-state index is 12.8. The predicted molar refractivity (Wildman–Crippen MR) is 106 cm³/mol. The van der Waals surface area contributed by atoms with E-state index in [2.05, 4.69) is 15.3 Å². The van der Waals surface area contributed by atoms with Gasteiger partial charge in [-0.05, 0) is 57.1 Å². The first-order valence-corrected chi connectivity index (χ1v) is 10.0. The largest absolute Gasteiger partial charge is 0.471 e. The van der Waals surface area contributed by atoms with Gasteiger partial charge in [0.1, 0.15) is 11.4 Å². The molecule has 0 saturated heterocycles. The molecule has 9 heteroatoms. The van der Waals surface area contributed by atoms with Crippen LogP contribution in [0.4, 0.5) is 13.2 Å². The number of alkyl halides is 3. The number of carbonyl (C=O) groups is 1. The Balaban J connectivity index is 1.57. The van der Waals surface area contributed by atoms with Crippen LogP contribution in [0.25, 0.3) is 0 Å². The molecule has 2 unspecified atom stereocenters. The van der Waals surface area contributed by atoms with Gasteiger partial charge in [0.25, 0.3) is 5.91 Å². The summed E-state index contributed by atoms with van der Waals surface area (Å²) >= 11 is 0. The second-order valence-corrected chi connectivity index (χ2v) is 7.93. The number of aromatic nitrogens is 2. The lowest BCUT2D eigenvalue weighted by atomic mass is 9.84. The van der Waals surface area contributed by atoms with E-state index < -0.39 is 11.7 Å². The zero-order valence-corrected chi connectivity index (χ0v) is 17.2. The van der Waals surface area contributed by atoms with E-state index in [1.54, 1.807) is 12.3 Å². The highest BCUT2D eigenvalue weighted by Crippen LogP contribution is 2.31. The van der Waals surface area contributed by atoms with Crippen molar-refractivity contribution in [2.45, 2.75) is 44.6 Å². The van der Waals surface area contributed by atoms with E-state index in [0.717, 1.165) is 37.9 Å². The van der Waals surface area contributed by atoms with E-state index in [4.69, 9.17) is 4.74 Å².